The summed E-state index contributed by atoms with van der Waals surface area (Å²) < 4.78 is 47.7. The van der Waals surface area contributed by atoms with Crippen molar-refractivity contribution in [2.45, 2.75) is 62.2 Å². The largest absolute Gasteiger partial charge is 0.496 e. The molecule has 3 aromatic heterocycles. The number of ether oxygens (including phenoxy) is 4. The molecule has 19 nitrogen and oxygen atoms in total. The molecule has 7 N–H and O–H groups in total. The van der Waals surface area contributed by atoms with Crippen LogP contribution in [0.25, 0.3) is 22.1 Å². The van der Waals surface area contributed by atoms with Crippen LogP contribution >= 0.6 is 7.82 Å². The molecule has 2 saturated heterocycles. The van der Waals surface area contributed by atoms with Crippen molar-refractivity contribution in [2.75, 3.05) is 19.5 Å². The summed E-state index contributed by atoms with van der Waals surface area (Å²) in [5.41, 5.74) is 5.13. The van der Waals surface area contributed by atoms with E-state index in [1.807, 2.05) is 0 Å². The number of phosphoric ester groups is 1. The van der Waals surface area contributed by atoms with Gasteiger partial charge in [-0.3, -0.25) is 19.1 Å². The highest BCUT2D eigenvalue weighted by molar-refractivity contribution is 7.46. The average Bonchev–Trinajstić information content (AvgIpc) is 3.80. The van der Waals surface area contributed by atoms with Gasteiger partial charge in [0, 0.05) is 18.9 Å². The number of hydrogen-bond acceptors (Lipinski definition) is 14. The van der Waals surface area contributed by atoms with Gasteiger partial charge in [-0.15, -0.1) is 0 Å². The number of carbonyl (C=O) groups excluding carboxylic acids is 1. The lowest BCUT2D eigenvalue weighted by atomic mass is 9.91. The molecule has 47 heavy (non-hydrogen) atoms. The molecule has 248 valence electrons. The maximum absolute atomic E-state index is 13.3. The van der Waals surface area contributed by atoms with E-state index in [0.717, 1.165) is 0 Å². The molecule has 0 radical (unpaired) electrons. The lowest BCUT2D eigenvalue weighted by Crippen LogP contribution is -2.40. The normalized spacial score (nSPS) is 28.2. The van der Waals surface area contributed by atoms with Crippen molar-refractivity contribution in [1.29, 1.82) is 0 Å². The number of nitrogens with zero attached hydrogens (tertiary/aromatic N) is 3. The van der Waals surface area contributed by atoms with E-state index in [1.165, 1.54) is 22.6 Å². The number of phosphoric acid groups is 1. The van der Waals surface area contributed by atoms with Gasteiger partial charge in [-0.2, -0.15) is 0 Å². The van der Waals surface area contributed by atoms with E-state index < -0.39 is 68.6 Å². The standard InChI is InChI=1S/C27H26N5O14P/c1-41-11-5-12-17(21-16(11)8-2-3-9(33)15(8)25(37)45-21)18-20(35)24(46-26(18)44-12)32-7-31(22-19(32)23(36)30-27(28)29-22)14-4-10(34)13(43-14)6-42-47(38,39)40/h5,7,10,13-14,18,20,24,26,34-35H,2-4,6H2,1H3,(H4-,28,29,30,36,38,39,40)/p+1. The van der Waals surface area contributed by atoms with E-state index in [0.29, 0.717) is 28.7 Å². The third-order valence-electron chi connectivity index (χ3n) is 8.99. The maximum atomic E-state index is 13.3. The van der Waals surface area contributed by atoms with Crippen molar-refractivity contribution >= 4 is 41.7 Å². The summed E-state index contributed by atoms with van der Waals surface area (Å²) in [6.07, 6.45) is -5.38. The Labute approximate surface area is 261 Å². The van der Waals surface area contributed by atoms with Gasteiger partial charge >= 0.3 is 19.1 Å². The lowest BCUT2D eigenvalue weighted by molar-refractivity contribution is -0.739. The fraction of sp³-hybridized carbons (Fsp3) is 0.444. The van der Waals surface area contributed by atoms with Crippen LogP contribution in [0.4, 0.5) is 5.95 Å². The van der Waals surface area contributed by atoms with Gasteiger partial charge in [-0.25, -0.2) is 18.5 Å². The van der Waals surface area contributed by atoms with Gasteiger partial charge in [-0.05, 0) is 12.0 Å². The SMILES string of the molecule is COc1cc2c(c3oc(=O)c4c(c13)CCC4=O)C1C(O2)OC(n2c[n+](C3CC(O)C(COP(=O)(O)O)O3)c3nc(N)[nH]c(=O)c32)C1O. The number of imidazole rings is 1. The number of aliphatic hydroxyl groups is 2. The van der Waals surface area contributed by atoms with Crippen molar-refractivity contribution in [3.8, 4) is 11.5 Å². The summed E-state index contributed by atoms with van der Waals surface area (Å²) in [4.78, 5) is 63.5. The van der Waals surface area contributed by atoms with Crippen molar-refractivity contribution < 1.29 is 61.8 Å². The summed E-state index contributed by atoms with van der Waals surface area (Å²) >= 11 is 0. The van der Waals surface area contributed by atoms with Gasteiger partial charge in [0.1, 0.15) is 34.9 Å². The quantitative estimate of drug-likeness (QED) is 0.0811. The monoisotopic (exact) mass is 676 g/mol. The molecule has 0 saturated carbocycles. The molecule has 20 heteroatoms. The first-order valence-electron chi connectivity index (χ1n) is 14.4. The van der Waals surface area contributed by atoms with Crippen molar-refractivity contribution in [3.05, 3.63) is 49.9 Å². The van der Waals surface area contributed by atoms with Gasteiger partial charge in [0.25, 0.3) is 11.5 Å². The van der Waals surface area contributed by atoms with E-state index in [9.17, 15) is 29.2 Å². The number of aromatic nitrogens is 4. The van der Waals surface area contributed by atoms with E-state index >= 15 is 0 Å². The Bertz CT molecular complexity index is 2170. The van der Waals surface area contributed by atoms with Crippen LogP contribution in [0.1, 0.15) is 52.7 Å². The molecule has 4 aliphatic rings. The van der Waals surface area contributed by atoms with Crippen molar-refractivity contribution in [2.24, 2.45) is 0 Å². The number of nitrogen functional groups attached to an aromatic ring is 1. The minimum atomic E-state index is -4.85. The van der Waals surface area contributed by atoms with Crippen LogP contribution in [-0.2, 0) is 25.0 Å². The van der Waals surface area contributed by atoms with E-state index in [-0.39, 0.29) is 52.6 Å². The molecule has 0 bridgehead atoms. The van der Waals surface area contributed by atoms with Crippen molar-refractivity contribution in [1.82, 2.24) is 14.5 Å². The molecule has 0 amide bonds. The zero-order valence-electron chi connectivity index (χ0n) is 24.3. The second-order valence-electron chi connectivity index (χ2n) is 11.7. The van der Waals surface area contributed by atoms with Crippen LogP contribution in [0.5, 0.6) is 11.5 Å². The van der Waals surface area contributed by atoms with Crippen molar-refractivity contribution in [3.63, 3.8) is 0 Å². The number of nitrogens with one attached hydrogen (secondary N) is 1. The molecular weight excluding hydrogens is 649 g/mol. The second-order valence-corrected chi connectivity index (χ2v) is 12.9. The highest BCUT2D eigenvalue weighted by Gasteiger charge is 2.56. The highest BCUT2D eigenvalue weighted by atomic mass is 31.2. The summed E-state index contributed by atoms with van der Waals surface area (Å²) in [6.45, 7) is -0.617. The number of carbonyl (C=O) groups is 1. The van der Waals surface area contributed by atoms with Gasteiger partial charge < -0.3 is 49.1 Å². The molecule has 4 aromatic rings. The minimum absolute atomic E-state index is 0.00408. The third kappa shape index (κ3) is 4.54. The third-order valence-corrected chi connectivity index (χ3v) is 9.48. The van der Waals surface area contributed by atoms with Crippen LogP contribution in [0.3, 0.4) is 0 Å². The first-order chi connectivity index (χ1) is 22.3. The zero-order chi connectivity index (χ0) is 33.1. The zero-order valence-corrected chi connectivity index (χ0v) is 25.2. The number of fused-ring (bicyclic) bond motifs is 8. The van der Waals surface area contributed by atoms with Crippen LogP contribution < -0.4 is 31.0 Å². The number of hydrogen-bond donors (Lipinski definition) is 6. The molecule has 1 aromatic carbocycles. The fourth-order valence-electron chi connectivity index (χ4n) is 7.03. The van der Waals surface area contributed by atoms with Gasteiger partial charge in [0.15, 0.2) is 18.3 Å². The Hall–Kier alpha value is -4.20. The number of nitrogens with two attached hydrogens (primary N) is 1. The molecule has 2 fully saturated rings. The number of methoxy groups -OCH3 is 1. The van der Waals surface area contributed by atoms with Gasteiger partial charge in [0.2, 0.25) is 18.0 Å². The number of rotatable bonds is 6. The number of Topliss-reactive ketones (excluding diaryl/α,β-unsaturated/α-hetero) is 1. The predicted molar refractivity (Wildman–Crippen MR) is 152 cm³/mol. The lowest BCUT2D eigenvalue weighted by Gasteiger charge is -2.18. The minimum Gasteiger partial charge on any atom is -0.496 e. The van der Waals surface area contributed by atoms with Gasteiger partial charge in [0.05, 0.1) is 36.7 Å². The number of aliphatic hydroxyl groups excluding tert-OH is 2. The number of H-pyrrole nitrogens is 1. The summed E-state index contributed by atoms with van der Waals surface area (Å²) in [5.74, 6) is -0.936. The van der Waals surface area contributed by atoms with Crippen LogP contribution in [0.15, 0.2) is 26.4 Å². The summed E-state index contributed by atoms with van der Waals surface area (Å²) in [7, 11) is -3.42. The second kappa shape index (κ2) is 10.4. The fourth-order valence-corrected chi connectivity index (χ4v) is 7.37. The Balaban J connectivity index is 1.20. The van der Waals surface area contributed by atoms with Gasteiger partial charge in [-0.1, -0.05) is 4.98 Å². The molecule has 1 aliphatic carbocycles. The highest BCUT2D eigenvalue weighted by Crippen LogP contribution is 2.54. The Morgan fingerprint density at radius 3 is 2.74 bits per heavy atom. The van der Waals surface area contributed by atoms with Crippen LogP contribution in [-0.4, -0.2) is 78.6 Å². The van der Waals surface area contributed by atoms with Crippen LogP contribution in [0, 0.1) is 0 Å². The van der Waals surface area contributed by atoms with E-state index in [1.54, 1.807) is 6.07 Å². The maximum Gasteiger partial charge on any atom is 0.469 e. The topological polar surface area (TPSA) is 272 Å². The average molecular weight is 677 g/mol. The molecule has 6 heterocycles. The Kier molecular flexibility index (Phi) is 6.67. The molecule has 7 atom stereocenters. The molecule has 7 unspecified atom stereocenters. The first-order valence-corrected chi connectivity index (χ1v) is 16.0. The number of ketones is 1. The predicted octanol–water partition coefficient (Wildman–Crippen LogP) is -1.01. The molecule has 3 aliphatic heterocycles. The summed E-state index contributed by atoms with van der Waals surface area (Å²) in [6, 6.07) is 1.58. The summed E-state index contributed by atoms with van der Waals surface area (Å²) in [5, 5.41) is 22.8. The molecule has 0 spiro atoms. The Morgan fingerprint density at radius 2 is 2.00 bits per heavy atom. The number of aromatic amines is 1. The number of benzene rings is 1. The van der Waals surface area contributed by atoms with E-state index in [4.69, 9.17) is 38.9 Å². The smallest absolute Gasteiger partial charge is 0.469 e. The van der Waals surface area contributed by atoms with Crippen LogP contribution in [0.2, 0.25) is 0 Å². The first kappa shape index (κ1) is 30.2. The van der Waals surface area contributed by atoms with E-state index in [2.05, 4.69) is 14.5 Å². The Morgan fingerprint density at radius 1 is 1.21 bits per heavy atom. The number of aryl methyl sites for hydroxylation is 1. The molecule has 8 rings (SSSR count). The number of anilines is 1. The molecular formula is C27H27N5O14P+.